The minimum Gasteiger partial charge on any atom is -0.354 e. The van der Waals surface area contributed by atoms with Gasteiger partial charge in [-0.25, -0.2) is 0 Å². The van der Waals surface area contributed by atoms with Crippen molar-refractivity contribution in [3.05, 3.63) is 35.4 Å². The van der Waals surface area contributed by atoms with Crippen LogP contribution >= 0.6 is 0 Å². The Kier molecular flexibility index (Phi) is 6.02. The number of rotatable bonds is 6. The maximum atomic E-state index is 11.8. The van der Waals surface area contributed by atoms with Gasteiger partial charge >= 0.3 is 0 Å². The Morgan fingerprint density at radius 1 is 1.16 bits per heavy atom. The van der Waals surface area contributed by atoms with E-state index in [-0.39, 0.29) is 18.4 Å². The number of nitrogens with one attached hydrogen (secondary N) is 2. The quantitative estimate of drug-likeness (QED) is 0.704. The van der Waals surface area contributed by atoms with Crippen molar-refractivity contribution in [2.45, 2.75) is 20.4 Å². The predicted octanol–water partition coefficient (Wildman–Crippen LogP) is 0.647. The van der Waals surface area contributed by atoms with E-state index in [0.29, 0.717) is 24.6 Å². The van der Waals surface area contributed by atoms with Crippen LogP contribution in [-0.4, -0.2) is 24.9 Å². The number of hydrogen-bond acceptors (Lipinski definition) is 3. The molecule has 1 aromatic rings. The predicted molar refractivity (Wildman–Crippen MR) is 74.5 cm³/mol. The third kappa shape index (κ3) is 5.52. The second kappa shape index (κ2) is 7.53. The second-order valence-electron chi connectivity index (χ2n) is 4.78. The van der Waals surface area contributed by atoms with E-state index in [4.69, 9.17) is 5.73 Å². The molecule has 0 heterocycles. The zero-order chi connectivity index (χ0) is 14.3. The molecule has 0 spiro atoms. The van der Waals surface area contributed by atoms with Gasteiger partial charge < -0.3 is 16.4 Å². The van der Waals surface area contributed by atoms with Crippen molar-refractivity contribution in [2.24, 2.45) is 11.7 Å². The van der Waals surface area contributed by atoms with Crippen molar-refractivity contribution < 1.29 is 9.59 Å². The highest BCUT2D eigenvalue weighted by Gasteiger charge is 2.07. The monoisotopic (exact) mass is 263 g/mol. The van der Waals surface area contributed by atoms with Gasteiger partial charge in [0.25, 0.3) is 5.91 Å². The summed E-state index contributed by atoms with van der Waals surface area (Å²) in [7, 11) is 0. The first-order chi connectivity index (χ1) is 9.02. The van der Waals surface area contributed by atoms with E-state index >= 15 is 0 Å². The van der Waals surface area contributed by atoms with E-state index in [0.717, 1.165) is 5.56 Å². The number of benzene rings is 1. The summed E-state index contributed by atoms with van der Waals surface area (Å²) in [6, 6.07) is 6.99. The van der Waals surface area contributed by atoms with Crippen LogP contribution in [0.15, 0.2) is 24.3 Å². The van der Waals surface area contributed by atoms with Crippen LogP contribution < -0.4 is 16.4 Å². The molecule has 0 aliphatic carbocycles. The molecular formula is C14H21N3O2. The van der Waals surface area contributed by atoms with Crippen LogP contribution in [0.25, 0.3) is 0 Å². The van der Waals surface area contributed by atoms with Gasteiger partial charge in [-0.3, -0.25) is 9.59 Å². The first kappa shape index (κ1) is 15.2. The molecule has 0 aliphatic rings. The fourth-order valence-corrected chi connectivity index (χ4v) is 1.44. The molecule has 19 heavy (non-hydrogen) atoms. The molecule has 0 bridgehead atoms. The molecule has 0 aliphatic heterocycles. The lowest BCUT2D eigenvalue weighted by atomic mass is 10.1. The number of carbonyl (C=O) groups is 2. The van der Waals surface area contributed by atoms with Crippen LogP contribution in [0.3, 0.4) is 0 Å². The van der Waals surface area contributed by atoms with Crippen molar-refractivity contribution in [1.29, 1.82) is 0 Å². The summed E-state index contributed by atoms with van der Waals surface area (Å²) >= 11 is 0. The zero-order valence-corrected chi connectivity index (χ0v) is 11.4. The van der Waals surface area contributed by atoms with E-state index in [1.807, 2.05) is 13.8 Å². The molecule has 1 aromatic carbocycles. The van der Waals surface area contributed by atoms with Crippen LogP contribution in [0, 0.1) is 5.92 Å². The van der Waals surface area contributed by atoms with Gasteiger partial charge in [-0.1, -0.05) is 26.0 Å². The largest absolute Gasteiger partial charge is 0.354 e. The maximum Gasteiger partial charge on any atom is 0.251 e. The van der Waals surface area contributed by atoms with Crippen molar-refractivity contribution in [1.82, 2.24) is 10.6 Å². The third-order valence-electron chi connectivity index (χ3n) is 2.57. The lowest BCUT2D eigenvalue weighted by Crippen LogP contribution is -2.38. The Morgan fingerprint density at radius 2 is 1.79 bits per heavy atom. The standard InChI is InChI=1S/C14H21N3O2/c1-10(2)8-16-13(18)9-17-14(19)12-5-3-11(7-15)4-6-12/h3-6,10H,7-9,15H2,1-2H3,(H,16,18)(H,17,19). The Labute approximate surface area is 113 Å². The molecular weight excluding hydrogens is 242 g/mol. The van der Waals surface area contributed by atoms with Crippen LogP contribution in [0.5, 0.6) is 0 Å². The number of carbonyl (C=O) groups excluding carboxylic acids is 2. The van der Waals surface area contributed by atoms with E-state index in [1.165, 1.54) is 0 Å². The summed E-state index contributed by atoms with van der Waals surface area (Å²) in [6.45, 7) is 5.07. The molecule has 5 nitrogen and oxygen atoms in total. The minimum absolute atomic E-state index is 0.00973. The number of amides is 2. The molecule has 0 saturated carbocycles. The Balaban J connectivity index is 2.40. The van der Waals surface area contributed by atoms with Gasteiger partial charge in [0, 0.05) is 18.7 Å². The fourth-order valence-electron chi connectivity index (χ4n) is 1.44. The minimum atomic E-state index is -0.261. The summed E-state index contributed by atoms with van der Waals surface area (Å²) in [5.41, 5.74) is 6.96. The van der Waals surface area contributed by atoms with Gasteiger partial charge in [0.05, 0.1) is 6.54 Å². The van der Waals surface area contributed by atoms with Gasteiger partial charge in [0.15, 0.2) is 0 Å². The first-order valence-electron chi connectivity index (χ1n) is 6.37. The molecule has 0 fully saturated rings. The zero-order valence-electron chi connectivity index (χ0n) is 11.4. The van der Waals surface area contributed by atoms with E-state index < -0.39 is 0 Å². The van der Waals surface area contributed by atoms with Crippen molar-refractivity contribution >= 4 is 11.8 Å². The summed E-state index contributed by atoms with van der Waals surface area (Å²) < 4.78 is 0. The molecule has 0 radical (unpaired) electrons. The average molecular weight is 263 g/mol. The van der Waals surface area contributed by atoms with Crippen LogP contribution in [0.2, 0.25) is 0 Å². The Morgan fingerprint density at radius 3 is 2.32 bits per heavy atom. The molecule has 0 saturated heterocycles. The number of hydrogen-bond donors (Lipinski definition) is 3. The molecule has 5 heteroatoms. The van der Waals surface area contributed by atoms with Crippen LogP contribution in [0.4, 0.5) is 0 Å². The summed E-state index contributed by atoms with van der Waals surface area (Å²) in [5.74, 6) is -0.0487. The molecule has 2 amide bonds. The normalized spacial score (nSPS) is 10.3. The van der Waals surface area contributed by atoms with Gasteiger partial charge in [-0.15, -0.1) is 0 Å². The van der Waals surface area contributed by atoms with Gasteiger partial charge in [-0.2, -0.15) is 0 Å². The highest BCUT2D eigenvalue weighted by molar-refractivity contribution is 5.96. The lowest BCUT2D eigenvalue weighted by molar-refractivity contribution is -0.120. The molecule has 0 atom stereocenters. The van der Waals surface area contributed by atoms with Gasteiger partial charge in [0.1, 0.15) is 0 Å². The van der Waals surface area contributed by atoms with Crippen molar-refractivity contribution in [3.63, 3.8) is 0 Å². The molecule has 4 N–H and O–H groups in total. The third-order valence-corrected chi connectivity index (χ3v) is 2.57. The smallest absolute Gasteiger partial charge is 0.251 e. The average Bonchev–Trinajstić information content (AvgIpc) is 2.42. The highest BCUT2D eigenvalue weighted by atomic mass is 16.2. The van der Waals surface area contributed by atoms with Crippen LogP contribution in [0.1, 0.15) is 29.8 Å². The molecule has 1 rings (SSSR count). The van der Waals surface area contributed by atoms with Gasteiger partial charge in [0.2, 0.25) is 5.91 Å². The van der Waals surface area contributed by atoms with Crippen molar-refractivity contribution in [3.8, 4) is 0 Å². The maximum absolute atomic E-state index is 11.8. The molecule has 0 unspecified atom stereocenters. The number of nitrogens with two attached hydrogens (primary N) is 1. The Hall–Kier alpha value is -1.88. The molecule has 104 valence electrons. The van der Waals surface area contributed by atoms with E-state index in [2.05, 4.69) is 10.6 Å². The Bertz CT molecular complexity index is 427. The summed E-state index contributed by atoms with van der Waals surface area (Å²) in [4.78, 5) is 23.2. The topological polar surface area (TPSA) is 84.2 Å². The fraction of sp³-hybridized carbons (Fsp3) is 0.429. The lowest BCUT2D eigenvalue weighted by Gasteiger charge is -2.09. The second-order valence-corrected chi connectivity index (χ2v) is 4.78. The summed E-state index contributed by atoms with van der Waals surface area (Å²) in [5, 5.41) is 5.31. The van der Waals surface area contributed by atoms with Crippen molar-refractivity contribution in [2.75, 3.05) is 13.1 Å². The van der Waals surface area contributed by atoms with E-state index in [1.54, 1.807) is 24.3 Å². The van der Waals surface area contributed by atoms with E-state index in [9.17, 15) is 9.59 Å². The molecule has 0 aromatic heterocycles. The van der Waals surface area contributed by atoms with Crippen LogP contribution in [-0.2, 0) is 11.3 Å². The highest BCUT2D eigenvalue weighted by Crippen LogP contribution is 2.03. The van der Waals surface area contributed by atoms with Gasteiger partial charge in [-0.05, 0) is 23.6 Å². The SMILES string of the molecule is CC(C)CNC(=O)CNC(=O)c1ccc(CN)cc1. The summed E-state index contributed by atoms with van der Waals surface area (Å²) in [6.07, 6.45) is 0. The first-order valence-corrected chi connectivity index (χ1v) is 6.37.